The Bertz CT molecular complexity index is 758. The van der Waals surface area contributed by atoms with Gasteiger partial charge in [0.25, 0.3) is 0 Å². The molecule has 2 aromatic rings. The maximum atomic E-state index is 13.0. The van der Waals surface area contributed by atoms with Crippen LogP contribution in [-0.2, 0) is 4.79 Å². The average molecular weight is 394 g/mol. The first-order chi connectivity index (χ1) is 12.6. The second kappa shape index (κ2) is 9.14. The fourth-order valence-corrected chi connectivity index (χ4v) is 4.47. The topological polar surface area (TPSA) is 71.1 Å². The van der Waals surface area contributed by atoms with Crippen LogP contribution in [0.25, 0.3) is 11.3 Å². The van der Waals surface area contributed by atoms with Crippen LogP contribution in [0.1, 0.15) is 32.1 Å². The molecule has 26 heavy (non-hydrogen) atoms. The summed E-state index contributed by atoms with van der Waals surface area (Å²) in [6.45, 7) is 0. The highest BCUT2D eigenvalue weighted by molar-refractivity contribution is 8.01. The Balaban J connectivity index is 1.44. The smallest absolute Gasteiger partial charge is 0.321 e. The van der Waals surface area contributed by atoms with E-state index in [1.54, 1.807) is 12.1 Å². The van der Waals surface area contributed by atoms with Gasteiger partial charge in [-0.25, -0.2) is 14.2 Å². The second-order valence-corrected chi connectivity index (χ2v) is 8.23. The van der Waals surface area contributed by atoms with Crippen LogP contribution in [-0.4, -0.2) is 28.7 Å². The van der Waals surface area contributed by atoms with Gasteiger partial charge in [0.2, 0.25) is 5.91 Å². The number of urea groups is 1. The molecule has 0 atom stereocenters. The highest BCUT2D eigenvalue weighted by Crippen LogP contribution is 2.28. The number of nitrogens with zero attached hydrogens (tertiary/aromatic N) is 1. The first-order valence-corrected chi connectivity index (χ1v) is 10.4. The molecule has 0 aliphatic heterocycles. The second-order valence-electron chi connectivity index (χ2n) is 6.15. The van der Waals surface area contributed by atoms with Crippen LogP contribution in [0.2, 0.25) is 0 Å². The molecular weight excluding hydrogens is 373 g/mol. The summed E-state index contributed by atoms with van der Waals surface area (Å²) >= 11 is 2.69. The van der Waals surface area contributed by atoms with E-state index in [1.807, 2.05) is 5.38 Å². The first-order valence-electron chi connectivity index (χ1n) is 8.55. The van der Waals surface area contributed by atoms with Gasteiger partial charge in [0.1, 0.15) is 5.82 Å². The van der Waals surface area contributed by atoms with Crippen molar-refractivity contribution in [2.75, 3.05) is 5.75 Å². The maximum Gasteiger partial charge on any atom is 0.321 e. The number of thiazole rings is 1. The third kappa shape index (κ3) is 5.54. The van der Waals surface area contributed by atoms with Crippen molar-refractivity contribution < 1.29 is 14.0 Å². The molecule has 1 aromatic heterocycles. The minimum Gasteiger partial charge on any atom is -0.335 e. The SMILES string of the molecule is O=C(CSc1nc(-c2ccc(F)cc2)cs1)NC(=O)NC1CCCCC1. The number of carbonyl (C=O) groups excluding carboxylic acids is 2. The van der Waals surface area contributed by atoms with E-state index >= 15 is 0 Å². The third-order valence-corrected chi connectivity index (χ3v) is 6.16. The third-order valence-electron chi connectivity index (χ3n) is 4.14. The molecule has 0 saturated heterocycles. The molecule has 3 rings (SSSR count). The Morgan fingerprint density at radius 1 is 1.19 bits per heavy atom. The largest absolute Gasteiger partial charge is 0.335 e. The van der Waals surface area contributed by atoms with Gasteiger partial charge in [-0.15, -0.1) is 11.3 Å². The quantitative estimate of drug-likeness (QED) is 0.747. The standard InChI is InChI=1S/C18H20FN3O2S2/c19-13-8-6-12(7-9-13)15-10-25-18(21-15)26-11-16(23)22-17(24)20-14-4-2-1-3-5-14/h6-10,14H,1-5,11H2,(H2,20,22,23,24). The van der Waals surface area contributed by atoms with E-state index in [-0.39, 0.29) is 23.5 Å². The van der Waals surface area contributed by atoms with Crippen LogP contribution >= 0.6 is 23.1 Å². The number of hydrogen-bond acceptors (Lipinski definition) is 5. The molecule has 1 fully saturated rings. The van der Waals surface area contributed by atoms with Crippen molar-refractivity contribution in [1.82, 2.24) is 15.6 Å². The normalized spacial score (nSPS) is 14.8. The number of carbonyl (C=O) groups is 2. The van der Waals surface area contributed by atoms with E-state index in [0.717, 1.165) is 41.3 Å². The molecule has 3 amide bonds. The van der Waals surface area contributed by atoms with Crippen LogP contribution in [0.4, 0.5) is 9.18 Å². The lowest BCUT2D eigenvalue weighted by atomic mass is 9.96. The molecule has 8 heteroatoms. The fourth-order valence-electron chi connectivity index (χ4n) is 2.84. The summed E-state index contributed by atoms with van der Waals surface area (Å²) in [7, 11) is 0. The number of aromatic nitrogens is 1. The van der Waals surface area contributed by atoms with E-state index in [4.69, 9.17) is 0 Å². The monoisotopic (exact) mass is 393 g/mol. The highest BCUT2D eigenvalue weighted by Gasteiger charge is 2.17. The van der Waals surface area contributed by atoms with Gasteiger partial charge in [-0.05, 0) is 37.1 Å². The number of nitrogens with one attached hydrogen (secondary N) is 2. The molecule has 1 aliphatic rings. The van der Waals surface area contributed by atoms with Crippen molar-refractivity contribution in [3.8, 4) is 11.3 Å². The predicted molar refractivity (Wildman–Crippen MR) is 102 cm³/mol. The summed E-state index contributed by atoms with van der Waals surface area (Å²) in [6.07, 6.45) is 5.40. The zero-order valence-corrected chi connectivity index (χ0v) is 15.8. The number of imide groups is 1. The summed E-state index contributed by atoms with van der Waals surface area (Å²) in [6, 6.07) is 5.86. The van der Waals surface area contributed by atoms with E-state index in [9.17, 15) is 14.0 Å². The van der Waals surface area contributed by atoms with Crippen LogP contribution in [0.15, 0.2) is 34.0 Å². The molecule has 1 aromatic carbocycles. The molecule has 1 heterocycles. The van der Waals surface area contributed by atoms with Crippen molar-refractivity contribution >= 4 is 35.0 Å². The number of amides is 3. The maximum absolute atomic E-state index is 13.0. The van der Waals surface area contributed by atoms with Crippen LogP contribution < -0.4 is 10.6 Å². The van der Waals surface area contributed by atoms with Gasteiger partial charge in [-0.3, -0.25) is 10.1 Å². The van der Waals surface area contributed by atoms with Gasteiger partial charge < -0.3 is 5.32 Å². The molecule has 0 spiro atoms. The van der Waals surface area contributed by atoms with Gasteiger partial charge in [0.05, 0.1) is 11.4 Å². The molecule has 1 aliphatic carbocycles. The Hall–Kier alpha value is -1.93. The predicted octanol–water partition coefficient (Wildman–Crippen LogP) is 4.20. The zero-order valence-electron chi connectivity index (χ0n) is 14.2. The Kier molecular flexibility index (Phi) is 6.62. The summed E-state index contributed by atoms with van der Waals surface area (Å²) < 4.78 is 13.7. The summed E-state index contributed by atoms with van der Waals surface area (Å²) in [4.78, 5) is 28.2. The molecule has 0 bridgehead atoms. The first kappa shape index (κ1) is 18.8. The fraction of sp³-hybridized carbons (Fsp3) is 0.389. The molecule has 0 unspecified atom stereocenters. The van der Waals surface area contributed by atoms with Crippen molar-refractivity contribution in [3.63, 3.8) is 0 Å². The number of halogens is 1. The summed E-state index contributed by atoms with van der Waals surface area (Å²) in [5.74, 6) is -0.516. The van der Waals surface area contributed by atoms with Gasteiger partial charge >= 0.3 is 6.03 Å². The molecular formula is C18H20FN3O2S2. The summed E-state index contributed by atoms with van der Waals surface area (Å²) in [5.41, 5.74) is 1.57. The van der Waals surface area contributed by atoms with Crippen molar-refractivity contribution in [3.05, 3.63) is 35.5 Å². The van der Waals surface area contributed by atoms with E-state index in [1.165, 1.54) is 41.7 Å². The number of hydrogen-bond donors (Lipinski definition) is 2. The van der Waals surface area contributed by atoms with Gasteiger partial charge in [-0.2, -0.15) is 0 Å². The van der Waals surface area contributed by atoms with Gasteiger partial charge in [-0.1, -0.05) is 31.0 Å². The molecule has 1 saturated carbocycles. The number of thioether (sulfide) groups is 1. The van der Waals surface area contributed by atoms with E-state index < -0.39 is 6.03 Å². The lowest BCUT2D eigenvalue weighted by Crippen LogP contribution is -2.45. The average Bonchev–Trinajstić information content (AvgIpc) is 3.10. The lowest BCUT2D eigenvalue weighted by Gasteiger charge is -2.22. The zero-order chi connectivity index (χ0) is 18.4. The van der Waals surface area contributed by atoms with Crippen molar-refractivity contribution in [2.45, 2.75) is 42.5 Å². The lowest BCUT2D eigenvalue weighted by molar-refractivity contribution is -0.117. The van der Waals surface area contributed by atoms with Crippen LogP contribution in [0.5, 0.6) is 0 Å². The van der Waals surface area contributed by atoms with E-state index in [0.29, 0.717) is 0 Å². The Labute approximate surface area is 159 Å². The van der Waals surface area contributed by atoms with Crippen LogP contribution in [0.3, 0.4) is 0 Å². The number of rotatable bonds is 5. The van der Waals surface area contributed by atoms with E-state index in [2.05, 4.69) is 15.6 Å². The molecule has 0 radical (unpaired) electrons. The van der Waals surface area contributed by atoms with Crippen molar-refractivity contribution in [2.24, 2.45) is 0 Å². The Morgan fingerprint density at radius 2 is 1.92 bits per heavy atom. The van der Waals surface area contributed by atoms with Gasteiger partial charge in [0.15, 0.2) is 4.34 Å². The molecule has 5 nitrogen and oxygen atoms in total. The minimum atomic E-state index is -0.423. The highest BCUT2D eigenvalue weighted by atomic mass is 32.2. The molecule has 138 valence electrons. The molecule has 2 N–H and O–H groups in total. The van der Waals surface area contributed by atoms with Crippen LogP contribution in [0, 0.1) is 5.82 Å². The Morgan fingerprint density at radius 3 is 2.65 bits per heavy atom. The number of benzene rings is 1. The minimum absolute atomic E-state index is 0.120. The van der Waals surface area contributed by atoms with Crippen molar-refractivity contribution in [1.29, 1.82) is 0 Å². The van der Waals surface area contributed by atoms with Gasteiger partial charge in [0, 0.05) is 17.0 Å². The summed E-state index contributed by atoms with van der Waals surface area (Å²) in [5, 5.41) is 7.09.